The van der Waals surface area contributed by atoms with Crippen LogP contribution in [-0.2, 0) is 4.79 Å². The second kappa shape index (κ2) is 7.29. The maximum Gasteiger partial charge on any atom is 0.234 e. The van der Waals surface area contributed by atoms with Crippen molar-refractivity contribution in [2.45, 2.75) is 5.92 Å². The zero-order chi connectivity index (χ0) is 12.7. The van der Waals surface area contributed by atoms with Crippen LogP contribution in [0.15, 0.2) is 30.3 Å². The summed E-state index contributed by atoms with van der Waals surface area (Å²) in [5, 5.41) is 2.84. The Hall–Kier alpha value is -1.07. The first kappa shape index (κ1) is 14.0. The van der Waals surface area contributed by atoms with Crippen molar-refractivity contribution in [3.63, 3.8) is 0 Å². The van der Waals surface area contributed by atoms with Gasteiger partial charge in [0.15, 0.2) is 0 Å². The maximum absolute atomic E-state index is 12.0. The minimum atomic E-state index is -0.534. The Balaban J connectivity index is 2.73. The SMILES string of the molecule is CSCCNC(=O)C(C(N)=S)c1ccccc1. The van der Waals surface area contributed by atoms with E-state index in [2.05, 4.69) is 5.32 Å². The van der Waals surface area contributed by atoms with Gasteiger partial charge in [-0.2, -0.15) is 11.8 Å². The van der Waals surface area contributed by atoms with Gasteiger partial charge >= 0.3 is 0 Å². The van der Waals surface area contributed by atoms with Crippen LogP contribution in [0.25, 0.3) is 0 Å². The van der Waals surface area contributed by atoms with Gasteiger partial charge in [-0.3, -0.25) is 4.79 Å². The lowest BCUT2D eigenvalue weighted by molar-refractivity contribution is -0.120. The van der Waals surface area contributed by atoms with Gasteiger partial charge in [0.05, 0.1) is 4.99 Å². The van der Waals surface area contributed by atoms with Crippen molar-refractivity contribution >= 4 is 34.9 Å². The van der Waals surface area contributed by atoms with Crippen molar-refractivity contribution in [3.8, 4) is 0 Å². The van der Waals surface area contributed by atoms with Gasteiger partial charge in [0, 0.05) is 12.3 Å². The number of carbonyl (C=O) groups excluding carboxylic acids is 1. The number of benzene rings is 1. The van der Waals surface area contributed by atoms with E-state index in [0.717, 1.165) is 11.3 Å². The normalized spacial score (nSPS) is 11.8. The highest BCUT2D eigenvalue weighted by molar-refractivity contribution is 7.98. The fraction of sp³-hybridized carbons (Fsp3) is 0.333. The molecule has 3 nitrogen and oxygen atoms in total. The molecule has 0 spiro atoms. The minimum absolute atomic E-state index is 0.127. The molecule has 0 aliphatic rings. The fourth-order valence-electron chi connectivity index (χ4n) is 1.47. The molecule has 0 heterocycles. The first-order chi connectivity index (χ1) is 8.16. The Morgan fingerprint density at radius 3 is 2.65 bits per heavy atom. The van der Waals surface area contributed by atoms with Gasteiger partial charge in [-0.15, -0.1) is 0 Å². The van der Waals surface area contributed by atoms with Crippen LogP contribution in [0.5, 0.6) is 0 Å². The third kappa shape index (κ3) is 4.36. The monoisotopic (exact) mass is 268 g/mol. The van der Waals surface area contributed by atoms with Crippen LogP contribution in [0.1, 0.15) is 11.5 Å². The Morgan fingerprint density at radius 2 is 2.12 bits per heavy atom. The number of nitrogens with one attached hydrogen (secondary N) is 1. The summed E-state index contributed by atoms with van der Waals surface area (Å²) in [6, 6.07) is 9.35. The van der Waals surface area contributed by atoms with E-state index in [-0.39, 0.29) is 10.9 Å². The van der Waals surface area contributed by atoms with E-state index in [0.29, 0.717) is 6.54 Å². The van der Waals surface area contributed by atoms with E-state index < -0.39 is 5.92 Å². The summed E-state index contributed by atoms with van der Waals surface area (Å²) in [5.74, 6) is 0.218. The van der Waals surface area contributed by atoms with E-state index in [1.807, 2.05) is 36.6 Å². The standard InChI is InChI=1S/C12H16N2OS2/c1-17-8-7-14-12(15)10(11(13)16)9-5-3-2-4-6-9/h2-6,10H,7-8H2,1H3,(H2,13,16)(H,14,15). The average molecular weight is 268 g/mol. The predicted molar refractivity (Wildman–Crippen MR) is 77.4 cm³/mol. The molecule has 0 aromatic heterocycles. The highest BCUT2D eigenvalue weighted by Gasteiger charge is 2.22. The number of hydrogen-bond acceptors (Lipinski definition) is 3. The van der Waals surface area contributed by atoms with E-state index in [4.69, 9.17) is 18.0 Å². The molecule has 5 heteroatoms. The van der Waals surface area contributed by atoms with E-state index >= 15 is 0 Å². The molecular weight excluding hydrogens is 252 g/mol. The summed E-state index contributed by atoms with van der Waals surface area (Å²) >= 11 is 6.65. The molecule has 1 amide bonds. The molecule has 3 N–H and O–H groups in total. The fourth-order valence-corrected chi connectivity index (χ4v) is 2.02. The molecule has 0 radical (unpaired) electrons. The second-order valence-corrected chi connectivity index (χ2v) is 4.99. The summed E-state index contributed by atoms with van der Waals surface area (Å²) in [6.07, 6.45) is 1.99. The molecule has 17 heavy (non-hydrogen) atoms. The third-order valence-electron chi connectivity index (χ3n) is 2.29. The summed E-state index contributed by atoms with van der Waals surface area (Å²) < 4.78 is 0. The highest BCUT2D eigenvalue weighted by atomic mass is 32.2. The smallest absolute Gasteiger partial charge is 0.234 e. The van der Waals surface area contributed by atoms with Gasteiger partial charge in [0.2, 0.25) is 5.91 Å². The molecule has 1 rings (SSSR count). The van der Waals surface area contributed by atoms with Crippen LogP contribution in [0.3, 0.4) is 0 Å². The Morgan fingerprint density at radius 1 is 1.47 bits per heavy atom. The average Bonchev–Trinajstić information content (AvgIpc) is 2.30. The molecule has 1 unspecified atom stereocenters. The third-order valence-corrected chi connectivity index (χ3v) is 3.13. The van der Waals surface area contributed by atoms with Gasteiger partial charge in [-0.25, -0.2) is 0 Å². The summed E-state index contributed by atoms with van der Waals surface area (Å²) in [5.41, 5.74) is 6.47. The topological polar surface area (TPSA) is 55.1 Å². The molecule has 0 bridgehead atoms. The number of hydrogen-bond donors (Lipinski definition) is 2. The Kier molecular flexibility index (Phi) is 6.00. The Bertz CT molecular complexity index is 381. The molecule has 1 aromatic carbocycles. The summed E-state index contributed by atoms with van der Waals surface area (Å²) in [6.45, 7) is 0.631. The zero-order valence-corrected chi connectivity index (χ0v) is 11.3. The van der Waals surface area contributed by atoms with E-state index in [9.17, 15) is 4.79 Å². The largest absolute Gasteiger partial charge is 0.392 e. The van der Waals surface area contributed by atoms with Crippen molar-refractivity contribution in [2.24, 2.45) is 5.73 Å². The molecule has 0 saturated carbocycles. The molecule has 1 atom stereocenters. The van der Waals surface area contributed by atoms with Gasteiger partial charge in [0.1, 0.15) is 5.92 Å². The van der Waals surface area contributed by atoms with Crippen molar-refractivity contribution < 1.29 is 4.79 Å². The van der Waals surface area contributed by atoms with Crippen LogP contribution >= 0.6 is 24.0 Å². The van der Waals surface area contributed by atoms with Crippen LogP contribution < -0.4 is 11.1 Å². The quantitative estimate of drug-likeness (QED) is 0.607. The van der Waals surface area contributed by atoms with E-state index in [1.165, 1.54) is 0 Å². The molecule has 92 valence electrons. The van der Waals surface area contributed by atoms with Crippen molar-refractivity contribution in [3.05, 3.63) is 35.9 Å². The van der Waals surface area contributed by atoms with Crippen LogP contribution in [-0.4, -0.2) is 29.4 Å². The lowest BCUT2D eigenvalue weighted by Crippen LogP contribution is -2.37. The maximum atomic E-state index is 12.0. The highest BCUT2D eigenvalue weighted by Crippen LogP contribution is 2.16. The molecule has 0 saturated heterocycles. The minimum Gasteiger partial charge on any atom is -0.392 e. The van der Waals surface area contributed by atoms with Crippen LogP contribution in [0.2, 0.25) is 0 Å². The number of thiocarbonyl (C=S) groups is 1. The molecule has 0 aliphatic carbocycles. The van der Waals surface area contributed by atoms with Gasteiger partial charge < -0.3 is 11.1 Å². The molecule has 1 aromatic rings. The van der Waals surface area contributed by atoms with Crippen molar-refractivity contribution in [1.82, 2.24) is 5.32 Å². The van der Waals surface area contributed by atoms with Crippen molar-refractivity contribution in [1.29, 1.82) is 0 Å². The van der Waals surface area contributed by atoms with Crippen LogP contribution in [0, 0.1) is 0 Å². The second-order valence-electron chi connectivity index (χ2n) is 3.53. The van der Waals surface area contributed by atoms with Gasteiger partial charge in [0.25, 0.3) is 0 Å². The van der Waals surface area contributed by atoms with Gasteiger partial charge in [-0.1, -0.05) is 42.5 Å². The molecular formula is C12H16N2OS2. The summed E-state index contributed by atoms with van der Waals surface area (Å²) in [4.78, 5) is 12.2. The molecule has 0 fully saturated rings. The number of carbonyl (C=O) groups is 1. The first-order valence-electron chi connectivity index (χ1n) is 5.27. The predicted octanol–water partition coefficient (Wildman–Crippen LogP) is 1.54. The lowest BCUT2D eigenvalue weighted by atomic mass is 9.98. The first-order valence-corrected chi connectivity index (χ1v) is 7.08. The lowest BCUT2D eigenvalue weighted by Gasteiger charge is -2.15. The molecule has 0 aliphatic heterocycles. The number of thioether (sulfide) groups is 1. The van der Waals surface area contributed by atoms with Crippen LogP contribution in [0.4, 0.5) is 0 Å². The van der Waals surface area contributed by atoms with Gasteiger partial charge in [-0.05, 0) is 11.8 Å². The van der Waals surface area contributed by atoms with E-state index in [1.54, 1.807) is 11.8 Å². The zero-order valence-electron chi connectivity index (χ0n) is 9.68. The number of rotatable bonds is 6. The Labute approximate surface area is 111 Å². The summed E-state index contributed by atoms with van der Waals surface area (Å²) in [7, 11) is 0. The van der Waals surface area contributed by atoms with Crippen molar-refractivity contribution in [2.75, 3.05) is 18.6 Å². The number of amides is 1. The number of nitrogens with two attached hydrogens (primary N) is 1.